The van der Waals surface area contributed by atoms with Crippen molar-refractivity contribution in [2.45, 2.75) is 57.8 Å². The number of ether oxygens (including phenoxy) is 1. The van der Waals surface area contributed by atoms with Crippen molar-refractivity contribution in [2.75, 3.05) is 13.2 Å². The molecule has 0 bridgehead atoms. The molecule has 1 aromatic rings. The Balaban J connectivity index is 1.85. The molecular formula is C17H28O3. The normalized spacial score (nSPS) is 10.7. The van der Waals surface area contributed by atoms with E-state index in [4.69, 9.17) is 9.84 Å². The average Bonchev–Trinajstić information content (AvgIpc) is 2.45. The summed E-state index contributed by atoms with van der Waals surface area (Å²) in [6.45, 7) is 1.05. The Labute approximate surface area is 122 Å². The van der Waals surface area contributed by atoms with E-state index in [-0.39, 0.29) is 5.75 Å². The van der Waals surface area contributed by atoms with E-state index in [0.29, 0.717) is 6.61 Å². The highest BCUT2D eigenvalue weighted by Crippen LogP contribution is 2.18. The maximum Gasteiger partial charge on any atom is 0.122 e. The van der Waals surface area contributed by atoms with Crippen LogP contribution in [-0.4, -0.2) is 23.4 Å². The van der Waals surface area contributed by atoms with Gasteiger partial charge in [0, 0.05) is 12.7 Å². The molecule has 0 heterocycles. The van der Waals surface area contributed by atoms with Crippen LogP contribution in [0.1, 0.15) is 57.8 Å². The standard InChI is InChI=1S/C17H28O3/c18-13-8-6-4-2-1-3-5-7-9-14-20-17-12-10-11-16(19)15-17/h10-12,15,18-19H,1-9,13-14H2. The molecule has 0 fully saturated rings. The van der Waals surface area contributed by atoms with E-state index < -0.39 is 0 Å². The molecule has 20 heavy (non-hydrogen) atoms. The molecule has 0 aliphatic carbocycles. The Morgan fingerprint density at radius 1 is 0.800 bits per heavy atom. The lowest BCUT2D eigenvalue weighted by atomic mass is 10.1. The summed E-state index contributed by atoms with van der Waals surface area (Å²) < 4.78 is 5.58. The molecule has 0 saturated carbocycles. The first-order valence-corrected chi connectivity index (χ1v) is 7.85. The van der Waals surface area contributed by atoms with Gasteiger partial charge in [0.2, 0.25) is 0 Å². The molecule has 114 valence electrons. The van der Waals surface area contributed by atoms with Crippen LogP contribution < -0.4 is 4.74 Å². The molecule has 3 heteroatoms. The van der Waals surface area contributed by atoms with E-state index in [2.05, 4.69) is 0 Å². The fourth-order valence-corrected chi connectivity index (χ4v) is 2.21. The number of hydrogen-bond donors (Lipinski definition) is 2. The lowest BCUT2D eigenvalue weighted by Gasteiger charge is -2.06. The Kier molecular flexibility index (Phi) is 9.76. The SMILES string of the molecule is OCCCCCCCCCCCOc1cccc(O)c1. The van der Waals surface area contributed by atoms with Crippen LogP contribution in [0.4, 0.5) is 0 Å². The van der Waals surface area contributed by atoms with Crippen LogP contribution in [0.15, 0.2) is 24.3 Å². The monoisotopic (exact) mass is 280 g/mol. The van der Waals surface area contributed by atoms with Crippen LogP contribution in [0.5, 0.6) is 11.5 Å². The molecule has 0 spiro atoms. The van der Waals surface area contributed by atoms with Crippen LogP contribution >= 0.6 is 0 Å². The van der Waals surface area contributed by atoms with Crippen molar-refractivity contribution in [1.82, 2.24) is 0 Å². The zero-order chi connectivity index (χ0) is 14.5. The van der Waals surface area contributed by atoms with Crippen molar-refractivity contribution in [1.29, 1.82) is 0 Å². The third-order valence-corrected chi connectivity index (χ3v) is 3.39. The summed E-state index contributed by atoms with van der Waals surface area (Å²) >= 11 is 0. The predicted molar refractivity (Wildman–Crippen MR) is 82.2 cm³/mol. The van der Waals surface area contributed by atoms with Crippen LogP contribution in [0.25, 0.3) is 0 Å². The van der Waals surface area contributed by atoms with E-state index in [1.807, 2.05) is 6.07 Å². The summed E-state index contributed by atoms with van der Waals surface area (Å²) in [5.41, 5.74) is 0. The molecule has 0 aliphatic rings. The quantitative estimate of drug-likeness (QED) is 0.562. The maximum atomic E-state index is 9.30. The first-order chi connectivity index (χ1) is 9.83. The number of unbranched alkanes of at least 4 members (excludes halogenated alkanes) is 8. The van der Waals surface area contributed by atoms with Gasteiger partial charge in [-0.05, 0) is 25.0 Å². The van der Waals surface area contributed by atoms with Gasteiger partial charge >= 0.3 is 0 Å². The second kappa shape index (κ2) is 11.6. The summed E-state index contributed by atoms with van der Waals surface area (Å²) in [5.74, 6) is 0.998. The number of phenolic OH excluding ortho intramolecular Hbond substituents is 1. The summed E-state index contributed by atoms with van der Waals surface area (Å²) in [5, 5.41) is 18.0. The van der Waals surface area contributed by atoms with Crippen LogP contribution in [0.2, 0.25) is 0 Å². The lowest BCUT2D eigenvalue weighted by Crippen LogP contribution is -1.97. The minimum Gasteiger partial charge on any atom is -0.508 e. The first kappa shape index (κ1) is 16.8. The van der Waals surface area contributed by atoms with Gasteiger partial charge in [-0.1, -0.05) is 51.0 Å². The molecule has 0 unspecified atom stereocenters. The summed E-state index contributed by atoms with van der Waals surface area (Å²) in [7, 11) is 0. The molecule has 3 nitrogen and oxygen atoms in total. The Morgan fingerprint density at radius 3 is 2.00 bits per heavy atom. The van der Waals surface area contributed by atoms with Crippen LogP contribution in [0, 0.1) is 0 Å². The topological polar surface area (TPSA) is 49.7 Å². The molecule has 0 atom stereocenters. The van der Waals surface area contributed by atoms with E-state index in [1.54, 1.807) is 18.2 Å². The fourth-order valence-electron chi connectivity index (χ4n) is 2.21. The first-order valence-electron chi connectivity index (χ1n) is 7.85. The molecule has 0 radical (unpaired) electrons. The Morgan fingerprint density at radius 2 is 1.40 bits per heavy atom. The molecular weight excluding hydrogens is 252 g/mol. The molecule has 0 amide bonds. The maximum absolute atomic E-state index is 9.30. The van der Waals surface area contributed by atoms with E-state index in [0.717, 1.165) is 31.6 Å². The Hall–Kier alpha value is -1.22. The minimum absolute atomic E-state index is 0.253. The predicted octanol–water partition coefficient (Wildman–Crippen LogP) is 4.27. The minimum atomic E-state index is 0.253. The van der Waals surface area contributed by atoms with Gasteiger partial charge in [0.1, 0.15) is 11.5 Å². The summed E-state index contributed by atoms with van der Waals surface area (Å²) in [6, 6.07) is 6.95. The van der Waals surface area contributed by atoms with Gasteiger partial charge in [-0.15, -0.1) is 0 Å². The van der Waals surface area contributed by atoms with Gasteiger partial charge < -0.3 is 14.9 Å². The van der Waals surface area contributed by atoms with Crippen molar-refractivity contribution < 1.29 is 14.9 Å². The number of aromatic hydroxyl groups is 1. The zero-order valence-corrected chi connectivity index (χ0v) is 12.4. The number of phenols is 1. The second-order valence-electron chi connectivity index (χ2n) is 5.25. The van der Waals surface area contributed by atoms with Gasteiger partial charge in [0.15, 0.2) is 0 Å². The van der Waals surface area contributed by atoms with E-state index >= 15 is 0 Å². The highest BCUT2D eigenvalue weighted by Gasteiger charge is 1.96. The van der Waals surface area contributed by atoms with E-state index in [1.165, 1.54) is 38.5 Å². The average molecular weight is 280 g/mol. The highest BCUT2D eigenvalue weighted by molar-refractivity contribution is 5.31. The molecule has 1 aromatic carbocycles. The van der Waals surface area contributed by atoms with Gasteiger partial charge in [0.25, 0.3) is 0 Å². The molecule has 0 saturated heterocycles. The summed E-state index contributed by atoms with van der Waals surface area (Å²) in [4.78, 5) is 0. The second-order valence-corrected chi connectivity index (χ2v) is 5.25. The molecule has 2 N–H and O–H groups in total. The number of hydrogen-bond acceptors (Lipinski definition) is 3. The van der Waals surface area contributed by atoms with Gasteiger partial charge in [-0.3, -0.25) is 0 Å². The highest BCUT2D eigenvalue weighted by atomic mass is 16.5. The van der Waals surface area contributed by atoms with Crippen molar-refractivity contribution in [3.05, 3.63) is 24.3 Å². The largest absolute Gasteiger partial charge is 0.508 e. The van der Waals surface area contributed by atoms with Gasteiger partial charge in [0.05, 0.1) is 6.61 Å². The van der Waals surface area contributed by atoms with Crippen LogP contribution in [0.3, 0.4) is 0 Å². The summed E-state index contributed by atoms with van der Waals surface area (Å²) in [6.07, 6.45) is 10.8. The smallest absolute Gasteiger partial charge is 0.122 e. The molecule has 0 aromatic heterocycles. The van der Waals surface area contributed by atoms with Gasteiger partial charge in [-0.2, -0.15) is 0 Å². The molecule has 0 aliphatic heterocycles. The molecule has 1 rings (SSSR count). The van der Waals surface area contributed by atoms with E-state index in [9.17, 15) is 5.11 Å². The van der Waals surface area contributed by atoms with Crippen molar-refractivity contribution in [2.24, 2.45) is 0 Å². The third-order valence-electron chi connectivity index (χ3n) is 3.39. The number of aliphatic hydroxyl groups excluding tert-OH is 1. The van der Waals surface area contributed by atoms with Crippen molar-refractivity contribution >= 4 is 0 Å². The number of benzene rings is 1. The number of aliphatic hydroxyl groups is 1. The van der Waals surface area contributed by atoms with Gasteiger partial charge in [-0.25, -0.2) is 0 Å². The lowest BCUT2D eigenvalue weighted by molar-refractivity contribution is 0.282. The zero-order valence-electron chi connectivity index (χ0n) is 12.4. The fraction of sp³-hybridized carbons (Fsp3) is 0.647. The Bertz CT molecular complexity index is 339. The number of rotatable bonds is 12. The third kappa shape index (κ3) is 8.81. The van der Waals surface area contributed by atoms with Crippen molar-refractivity contribution in [3.8, 4) is 11.5 Å². The van der Waals surface area contributed by atoms with Crippen molar-refractivity contribution in [3.63, 3.8) is 0 Å². The van der Waals surface area contributed by atoms with Crippen LogP contribution in [-0.2, 0) is 0 Å².